The van der Waals surface area contributed by atoms with Gasteiger partial charge in [0.1, 0.15) is 0 Å². The maximum atomic E-state index is 6.15. The Hall–Kier alpha value is -0.610. The minimum atomic E-state index is 0.415. The van der Waals surface area contributed by atoms with Crippen LogP contribution in [-0.2, 0) is 0 Å². The second-order valence-electron chi connectivity index (χ2n) is 5.68. The molecule has 0 bridgehead atoms. The Labute approximate surface area is 121 Å². The molecular formula is C15H24ClN3. The van der Waals surface area contributed by atoms with Gasteiger partial charge in [-0.3, -0.25) is 4.90 Å². The molecule has 2 unspecified atom stereocenters. The van der Waals surface area contributed by atoms with E-state index >= 15 is 0 Å². The van der Waals surface area contributed by atoms with E-state index in [0.29, 0.717) is 12.1 Å². The molecule has 2 rings (SSSR count). The van der Waals surface area contributed by atoms with Gasteiger partial charge in [0.25, 0.3) is 0 Å². The Kier molecular flexibility index (Phi) is 5.22. The molecular weight excluding hydrogens is 258 g/mol. The fraction of sp³-hybridized carbons (Fsp3) is 0.600. The van der Waals surface area contributed by atoms with Gasteiger partial charge < -0.3 is 10.2 Å². The van der Waals surface area contributed by atoms with E-state index in [0.717, 1.165) is 31.2 Å². The normalized spacial score (nSPS) is 22.7. The van der Waals surface area contributed by atoms with Crippen LogP contribution in [0.1, 0.15) is 18.5 Å². The van der Waals surface area contributed by atoms with E-state index in [9.17, 15) is 0 Å². The first-order valence-electron chi connectivity index (χ1n) is 6.94. The highest BCUT2D eigenvalue weighted by Crippen LogP contribution is 2.25. The lowest BCUT2D eigenvalue weighted by Crippen LogP contribution is -2.51. The van der Waals surface area contributed by atoms with Crippen LogP contribution in [0.5, 0.6) is 0 Å². The van der Waals surface area contributed by atoms with Gasteiger partial charge in [0.05, 0.1) is 0 Å². The summed E-state index contributed by atoms with van der Waals surface area (Å²) in [6.07, 6.45) is 0. The number of halogens is 1. The summed E-state index contributed by atoms with van der Waals surface area (Å²) in [5, 5.41) is 4.33. The zero-order valence-electron chi connectivity index (χ0n) is 12.1. The number of hydrogen-bond donors (Lipinski definition) is 1. The van der Waals surface area contributed by atoms with Gasteiger partial charge >= 0.3 is 0 Å². The average Bonchev–Trinajstić information content (AvgIpc) is 2.35. The monoisotopic (exact) mass is 281 g/mol. The number of likely N-dealkylation sites (N-methyl/N-ethyl adjacent to an activating group) is 1. The Morgan fingerprint density at radius 2 is 2.26 bits per heavy atom. The molecule has 1 N–H and O–H groups in total. The molecule has 0 spiro atoms. The van der Waals surface area contributed by atoms with Crippen molar-refractivity contribution >= 4 is 11.6 Å². The summed E-state index contributed by atoms with van der Waals surface area (Å²) in [5.41, 5.74) is 1.32. The summed E-state index contributed by atoms with van der Waals surface area (Å²) in [7, 11) is 4.26. The molecule has 1 heterocycles. The number of piperazine rings is 1. The third kappa shape index (κ3) is 4.18. The summed E-state index contributed by atoms with van der Waals surface area (Å²) in [4.78, 5) is 4.81. The van der Waals surface area contributed by atoms with Crippen molar-refractivity contribution in [2.45, 2.75) is 19.0 Å². The lowest BCUT2D eigenvalue weighted by Gasteiger charge is -2.39. The molecule has 0 amide bonds. The number of nitrogens with zero attached hydrogens (tertiary/aromatic N) is 2. The van der Waals surface area contributed by atoms with Crippen LogP contribution in [0.25, 0.3) is 0 Å². The van der Waals surface area contributed by atoms with Gasteiger partial charge in [-0.05, 0) is 38.7 Å². The van der Waals surface area contributed by atoms with E-state index in [2.05, 4.69) is 48.3 Å². The number of benzene rings is 1. The fourth-order valence-corrected chi connectivity index (χ4v) is 2.94. The third-order valence-corrected chi connectivity index (χ3v) is 3.85. The highest BCUT2D eigenvalue weighted by atomic mass is 35.5. The molecule has 1 fully saturated rings. The molecule has 1 aromatic carbocycles. The molecule has 3 nitrogen and oxygen atoms in total. The zero-order valence-corrected chi connectivity index (χ0v) is 12.8. The quantitative estimate of drug-likeness (QED) is 0.913. The third-order valence-electron chi connectivity index (χ3n) is 3.61. The van der Waals surface area contributed by atoms with E-state index < -0.39 is 0 Å². The predicted octanol–water partition coefficient (Wildman–Crippen LogP) is 2.24. The molecule has 1 aliphatic rings. The Balaban J connectivity index is 2.19. The Bertz CT molecular complexity index is 408. The van der Waals surface area contributed by atoms with Gasteiger partial charge in [-0.1, -0.05) is 23.7 Å². The molecule has 1 aliphatic heterocycles. The van der Waals surface area contributed by atoms with Crippen LogP contribution >= 0.6 is 11.6 Å². The maximum Gasteiger partial charge on any atom is 0.0476 e. The predicted molar refractivity (Wildman–Crippen MR) is 81.8 cm³/mol. The second kappa shape index (κ2) is 6.71. The van der Waals surface area contributed by atoms with Crippen LogP contribution in [0.3, 0.4) is 0 Å². The number of rotatable bonds is 4. The minimum Gasteiger partial charge on any atom is -0.312 e. The van der Waals surface area contributed by atoms with Crippen molar-refractivity contribution < 1.29 is 0 Å². The largest absolute Gasteiger partial charge is 0.312 e. The Morgan fingerprint density at radius 1 is 1.47 bits per heavy atom. The van der Waals surface area contributed by atoms with Crippen LogP contribution in [0.15, 0.2) is 24.3 Å². The fourth-order valence-electron chi connectivity index (χ4n) is 2.74. The second-order valence-corrected chi connectivity index (χ2v) is 6.12. The van der Waals surface area contributed by atoms with Gasteiger partial charge in [-0.25, -0.2) is 0 Å². The van der Waals surface area contributed by atoms with Crippen molar-refractivity contribution in [2.24, 2.45) is 0 Å². The zero-order chi connectivity index (χ0) is 13.8. The lowest BCUT2D eigenvalue weighted by molar-refractivity contribution is 0.125. The molecule has 4 heteroatoms. The molecule has 0 aliphatic carbocycles. The van der Waals surface area contributed by atoms with Gasteiger partial charge in [-0.15, -0.1) is 0 Å². The molecule has 0 saturated carbocycles. The van der Waals surface area contributed by atoms with E-state index in [1.54, 1.807) is 0 Å². The van der Waals surface area contributed by atoms with Crippen molar-refractivity contribution in [3.63, 3.8) is 0 Å². The molecule has 2 atom stereocenters. The van der Waals surface area contributed by atoms with Crippen molar-refractivity contribution in [1.82, 2.24) is 15.1 Å². The van der Waals surface area contributed by atoms with E-state index in [4.69, 9.17) is 11.6 Å². The smallest absolute Gasteiger partial charge is 0.0476 e. The molecule has 19 heavy (non-hydrogen) atoms. The van der Waals surface area contributed by atoms with Crippen molar-refractivity contribution in [2.75, 3.05) is 40.3 Å². The highest BCUT2D eigenvalue weighted by Gasteiger charge is 2.25. The summed E-state index contributed by atoms with van der Waals surface area (Å²) < 4.78 is 0. The first-order chi connectivity index (χ1) is 9.06. The van der Waals surface area contributed by atoms with Gasteiger partial charge in [0.15, 0.2) is 0 Å². The van der Waals surface area contributed by atoms with Crippen molar-refractivity contribution in [1.29, 1.82) is 0 Å². The molecule has 0 aromatic heterocycles. The van der Waals surface area contributed by atoms with E-state index in [1.165, 1.54) is 5.56 Å². The van der Waals surface area contributed by atoms with Crippen molar-refractivity contribution in [3.8, 4) is 0 Å². The summed E-state index contributed by atoms with van der Waals surface area (Å²) >= 11 is 6.15. The Morgan fingerprint density at radius 3 is 2.89 bits per heavy atom. The van der Waals surface area contributed by atoms with Gasteiger partial charge in [0, 0.05) is 43.3 Å². The van der Waals surface area contributed by atoms with Crippen LogP contribution in [0.2, 0.25) is 5.02 Å². The molecule has 106 valence electrons. The van der Waals surface area contributed by atoms with E-state index in [-0.39, 0.29) is 0 Å². The molecule has 1 aromatic rings. The SMILES string of the molecule is CC1CN(C(CN(C)C)c2cccc(Cl)c2)CCN1. The van der Waals surface area contributed by atoms with Gasteiger partial charge in [-0.2, -0.15) is 0 Å². The average molecular weight is 282 g/mol. The van der Waals surface area contributed by atoms with Crippen molar-refractivity contribution in [3.05, 3.63) is 34.9 Å². The molecule has 0 radical (unpaired) electrons. The van der Waals surface area contributed by atoms with E-state index in [1.807, 2.05) is 12.1 Å². The number of nitrogens with one attached hydrogen (secondary N) is 1. The van der Waals surface area contributed by atoms with Crippen LogP contribution < -0.4 is 5.32 Å². The first kappa shape index (κ1) is 14.8. The topological polar surface area (TPSA) is 18.5 Å². The summed E-state index contributed by atoms with van der Waals surface area (Å²) in [6, 6.07) is 9.25. The van der Waals surface area contributed by atoms with Crippen LogP contribution in [0.4, 0.5) is 0 Å². The highest BCUT2D eigenvalue weighted by molar-refractivity contribution is 6.30. The van der Waals surface area contributed by atoms with Crippen LogP contribution in [-0.4, -0.2) is 56.1 Å². The minimum absolute atomic E-state index is 0.415. The lowest BCUT2D eigenvalue weighted by atomic mass is 10.0. The van der Waals surface area contributed by atoms with Crippen LogP contribution in [0, 0.1) is 0 Å². The standard InChI is InChI=1S/C15H24ClN3/c1-12-10-19(8-7-17-12)15(11-18(2)3)13-5-4-6-14(16)9-13/h4-6,9,12,15,17H,7-8,10-11H2,1-3H3. The molecule has 1 saturated heterocycles. The number of hydrogen-bond acceptors (Lipinski definition) is 3. The first-order valence-corrected chi connectivity index (χ1v) is 7.31. The van der Waals surface area contributed by atoms with Gasteiger partial charge in [0.2, 0.25) is 0 Å². The summed E-state index contributed by atoms with van der Waals surface area (Å²) in [6.45, 7) is 6.51. The summed E-state index contributed by atoms with van der Waals surface area (Å²) in [5.74, 6) is 0. The maximum absolute atomic E-state index is 6.15.